The first kappa shape index (κ1) is 23.5. The summed E-state index contributed by atoms with van der Waals surface area (Å²) in [5.74, 6) is 1.29. The lowest BCUT2D eigenvalue weighted by Crippen LogP contribution is -2.52. The highest BCUT2D eigenvalue weighted by Crippen LogP contribution is 2.30. The molecule has 0 saturated carbocycles. The predicted molar refractivity (Wildman–Crippen MR) is 132 cm³/mol. The molecule has 184 valence electrons. The number of benzene rings is 2. The van der Waals surface area contributed by atoms with Gasteiger partial charge in [0.2, 0.25) is 0 Å². The number of hydrogen-bond acceptors (Lipinski definition) is 5. The van der Waals surface area contributed by atoms with E-state index in [1.807, 2.05) is 55.5 Å². The van der Waals surface area contributed by atoms with Crippen LogP contribution in [0.2, 0.25) is 0 Å². The Morgan fingerprint density at radius 2 is 1.60 bits per heavy atom. The summed E-state index contributed by atoms with van der Waals surface area (Å²) in [5.41, 5.74) is 3.05. The van der Waals surface area contributed by atoms with Gasteiger partial charge in [0.1, 0.15) is 17.3 Å². The minimum Gasteiger partial charge on any atom is -0.378 e. The quantitative estimate of drug-likeness (QED) is 0.406. The van der Waals surface area contributed by atoms with Crippen molar-refractivity contribution in [3.05, 3.63) is 77.4 Å². The van der Waals surface area contributed by atoms with Crippen LogP contribution in [-0.4, -0.2) is 73.5 Å². The molecule has 8 heteroatoms. The average Bonchev–Trinajstić information content (AvgIpc) is 3.39. The molecule has 2 aliphatic rings. The maximum Gasteiger partial charge on any atom is 0.197 e. The fraction of sp³-hybridized carbons (Fsp3) is 0.407. The van der Waals surface area contributed by atoms with Crippen LogP contribution >= 0.6 is 0 Å². The van der Waals surface area contributed by atoms with E-state index in [0.29, 0.717) is 44.3 Å². The molecular formula is C27H31FN4O3. The number of morpholine rings is 2. The number of guanidine groups is 1. The van der Waals surface area contributed by atoms with Crippen LogP contribution in [-0.2, 0) is 16.0 Å². The Labute approximate surface area is 205 Å². The summed E-state index contributed by atoms with van der Waals surface area (Å²) in [4.78, 5) is 9.47. The molecule has 0 N–H and O–H groups in total. The number of halogens is 1. The molecule has 2 aliphatic heterocycles. The number of nitrogens with zero attached hydrogens (tertiary/aromatic N) is 4. The van der Waals surface area contributed by atoms with Crippen LogP contribution < -0.4 is 0 Å². The molecule has 1 aromatic heterocycles. The number of rotatable bonds is 5. The van der Waals surface area contributed by atoms with Crippen LogP contribution in [0.3, 0.4) is 0 Å². The summed E-state index contributed by atoms with van der Waals surface area (Å²) in [6.07, 6.45) is 0. The van der Waals surface area contributed by atoms with Crippen LogP contribution in [0.15, 0.2) is 64.1 Å². The van der Waals surface area contributed by atoms with E-state index in [4.69, 9.17) is 19.0 Å². The summed E-state index contributed by atoms with van der Waals surface area (Å²) >= 11 is 0. The highest BCUT2D eigenvalue weighted by Gasteiger charge is 2.23. The fourth-order valence-electron chi connectivity index (χ4n) is 4.50. The van der Waals surface area contributed by atoms with Gasteiger partial charge >= 0.3 is 0 Å². The van der Waals surface area contributed by atoms with Crippen molar-refractivity contribution in [3.63, 3.8) is 0 Å². The number of hydrogen-bond donors (Lipinski definition) is 0. The van der Waals surface area contributed by atoms with Gasteiger partial charge in [0.15, 0.2) is 5.96 Å². The van der Waals surface area contributed by atoms with Crippen LogP contribution in [0.4, 0.5) is 4.39 Å². The van der Waals surface area contributed by atoms with Crippen molar-refractivity contribution in [2.75, 3.05) is 52.6 Å². The zero-order chi connectivity index (χ0) is 24.0. The van der Waals surface area contributed by atoms with Gasteiger partial charge in [-0.3, -0.25) is 0 Å². The Kier molecular flexibility index (Phi) is 7.39. The molecular weight excluding hydrogens is 447 g/mol. The normalized spacial score (nSPS) is 17.3. The van der Waals surface area contributed by atoms with E-state index >= 15 is 0 Å². The summed E-state index contributed by atoms with van der Waals surface area (Å²) in [6.45, 7) is 8.51. The Morgan fingerprint density at radius 3 is 2.23 bits per heavy atom. The van der Waals surface area contributed by atoms with Crippen LogP contribution in [0.1, 0.15) is 29.9 Å². The maximum atomic E-state index is 14.9. The van der Waals surface area contributed by atoms with Gasteiger partial charge in [0.25, 0.3) is 0 Å². The molecule has 7 nitrogen and oxygen atoms in total. The van der Waals surface area contributed by atoms with Crippen molar-refractivity contribution in [2.24, 2.45) is 4.99 Å². The van der Waals surface area contributed by atoms with Gasteiger partial charge in [0.05, 0.1) is 33.0 Å². The molecule has 0 aliphatic carbocycles. The summed E-state index contributed by atoms with van der Waals surface area (Å²) in [5, 5.41) is 4.25. The van der Waals surface area contributed by atoms with Crippen LogP contribution in [0.5, 0.6) is 0 Å². The van der Waals surface area contributed by atoms with E-state index in [2.05, 4.69) is 15.0 Å². The van der Waals surface area contributed by atoms with Gasteiger partial charge in [0, 0.05) is 43.7 Å². The zero-order valence-corrected chi connectivity index (χ0v) is 20.0. The Bertz CT molecular complexity index is 1120. The van der Waals surface area contributed by atoms with Gasteiger partial charge < -0.3 is 23.8 Å². The molecule has 1 unspecified atom stereocenters. The third kappa shape index (κ3) is 5.55. The highest BCUT2D eigenvalue weighted by atomic mass is 19.1. The third-order valence-electron chi connectivity index (χ3n) is 6.55. The molecule has 0 spiro atoms. The molecule has 1 atom stereocenters. The van der Waals surface area contributed by atoms with Crippen molar-refractivity contribution in [2.45, 2.75) is 19.4 Å². The van der Waals surface area contributed by atoms with E-state index < -0.39 is 0 Å². The number of aromatic nitrogens is 1. The van der Waals surface area contributed by atoms with Gasteiger partial charge in [-0.05, 0) is 17.2 Å². The molecule has 2 fully saturated rings. The summed E-state index contributed by atoms with van der Waals surface area (Å²) in [6, 6.07) is 16.9. The van der Waals surface area contributed by atoms with Crippen molar-refractivity contribution >= 4 is 5.96 Å². The van der Waals surface area contributed by atoms with E-state index in [-0.39, 0.29) is 11.7 Å². The maximum absolute atomic E-state index is 14.9. The zero-order valence-electron chi connectivity index (χ0n) is 20.0. The second-order valence-corrected chi connectivity index (χ2v) is 8.86. The van der Waals surface area contributed by atoms with Gasteiger partial charge in [-0.1, -0.05) is 54.5 Å². The molecule has 3 aromatic rings. The molecule has 5 rings (SSSR count). The average molecular weight is 479 g/mol. The fourth-order valence-corrected chi connectivity index (χ4v) is 4.50. The first-order chi connectivity index (χ1) is 17.2. The van der Waals surface area contributed by atoms with Gasteiger partial charge in [-0.15, -0.1) is 0 Å². The Balaban J connectivity index is 1.30. The highest BCUT2D eigenvalue weighted by molar-refractivity contribution is 5.80. The smallest absolute Gasteiger partial charge is 0.197 e. The van der Waals surface area contributed by atoms with Crippen molar-refractivity contribution in [1.29, 1.82) is 0 Å². The second-order valence-electron chi connectivity index (χ2n) is 8.86. The standard InChI is InChI=1S/C27H31FN4O3/c1-20(22-7-8-24(25(28)17-22)21-5-3-2-4-6-21)26-18-23(30-35-26)19-29-27(31-9-13-33-14-10-31)32-11-15-34-16-12-32/h2-8,17-18,20H,9-16,19H2,1H3. The molecule has 2 saturated heterocycles. The van der Waals surface area contributed by atoms with Crippen molar-refractivity contribution in [1.82, 2.24) is 15.0 Å². The van der Waals surface area contributed by atoms with Crippen molar-refractivity contribution < 1.29 is 18.4 Å². The predicted octanol–water partition coefficient (Wildman–Crippen LogP) is 4.15. The molecule has 0 radical (unpaired) electrons. The molecule has 3 heterocycles. The lowest BCUT2D eigenvalue weighted by molar-refractivity contribution is 0.0418. The van der Waals surface area contributed by atoms with Gasteiger partial charge in [-0.25, -0.2) is 9.38 Å². The van der Waals surface area contributed by atoms with E-state index in [1.54, 1.807) is 6.07 Å². The van der Waals surface area contributed by atoms with E-state index in [1.165, 1.54) is 0 Å². The number of aliphatic imine (C=N–C) groups is 1. The SMILES string of the molecule is CC(c1ccc(-c2ccccc2)c(F)c1)c1cc(CN=C(N2CCOCC2)N2CCOCC2)no1. The van der Waals surface area contributed by atoms with E-state index in [0.717, 1.165) is 49.0 Å². The second kappa shape index (κ2) is 11.0. The minimum absolute atomic E-state index is 0.127. The molecule has 0 bridgehead atoms. The van der Waals surface area contributed by atoms with Crippen molar-refractivity contribution in [3.8, 4) is 11.1 Å². The van der Waals surface area contributed by atoms with Gasteiger partial charge in [-0.2, -0.15) is 0 Å². The Hall–Kier alpha value is -3.23. The minimum atomic E-state index is -0.245. The lowest BCUT2D eigenvalue weighted by Gasteiger charge is -2.38. The Morgan fingerprint density at radius 1 is 0.943 bits per heavy atom. The first-order valence-electron chi connectivity index (χ1n) is 12.2. The van der Waals surface area contributed by atoms with Crippen LogP contribution in [0.25, 0.3) is 11.1 Å². The van der Waals surface area contributed by atoms with Crippen LogP contribution in [0, 0.1) is 5.82 Å². The topological polar surface area (TPSA) is 63.3 Å². The number of ether oxygens (including phenoxy) is 2. The van der Waals surface area contributed by atoms with E-state index in [9.17, 15) is 4.39 Å². The lowest BCUT2D eigenvalue weighted by atomic mass is 9.95. The summed E-state index contributed by atoms with van der Waals surface area (Å²) in [7, 11) is 0. The molecule has 35 heavy (non-hydrogen) atoms. The summed E-state index contributed by atoms with van der Waals surface area (Å²) < 4.78 is 31.6. The monoisotopic (exact) mass is 478 g/mol. The molecule has 2 aromatic carbocycles. The third-order valence-corrected chi connectivity index (χ3v) is 6.55. The molecule has 0 amide bonds. The first-order valence-corrected chi connectivity index (χ1v) is 12.2. The largest absolute Gasteiger partial charge is 0.378 e.